The number of fused-ring (bicyclic) bond motifs is 1. The van der Waals surface area contributed by atoms with Gasteiger partial charge in [-0.3, -0.25) is 9.36 Å². The van der Waals surface area contributed by atoms with Crippen LogP contribution in [0.15, 0.2) is 53.8 Å². The molecule has 1 aliphatic rings. The van der Waals surface area contributed by atoms with E-state index in [1.165, 1.54) is 18.2 Å². The molecular formula is C25H27N5O3S. The van der Waals surface area contributed by atoms with Gasteiger partial charge in [-0.2, -0.15) is 0 Å². The van der Waals surface area contributed by atoms with E-state index < -0.39 is 0 Å². The van der Waals surface area contributed by atoms with Gasteiger partial charge in [0, 0.05) is 41.8 Å². The molecule has 8 nitrogen and oxygen atoms in total. The number of likely N-dealkylation sites (tertiary alicyclic amines) is 1. The molecule has 1 saturated heterocycles. The molecule has 2 aromatic heterocycles. The average molecular weight is 478 g/mol. The van der Waals surface area contributed by atoms with Crippen molar-refractivity contribution in [2.75, 3.05) is 33.1 Å². The van der Waals surface area contributed by atoms with Gasteiger partial charge in [-0.1, -0.05) is 30.0 Å². The first-order valence-electron chi connectivity index (χ1n) is 11.3. The van der Waals surface area contributed by atoms with Gasteiger partial charge in [0.25, 0.3) is 0 Å². The molecule has 1 amide bonds. The van der Waals surface area contributed by atoms with Crippen molar-refractivity contribution >= 4 is 28.6 Å². The molecule has 0 radical (unpaired) electrons. The van der Waals surface area contributed by atoms with Crippen LogP contribution in [0.3, 0.4) is 0 Å². The number of H-pyrrole nitrogens is 1. The molecule has 34 heavy (non-hydrogen) atoms. The molecule has 4 aromatic rings. The molecule has 176 valence electrons. The number of nitrogens with one attached hydrogen (secondary N) is 1. The molecule has 0 saturated carbocycles. The van der Waals surface area contributed by atoms with Gasteiger partial charge in [0.1, 0.15) is 11.5 Å². The van der Waals surface area contributed by atoms with Gasteiger partial charge in [-0.05, 0) is 37.5 Å². The predicted octanol–water partition coefficient (Wildman–Crippen LogP) is 4.54. The van der Waals surface area contributed by atoms with E-state index in [9.17, 15) is 4.79 Å². The second-order valence-corrected chi connectivity index (χ2v) is 9.10. The van der Waals surface area contributed by atoms with Crippen LogP contribution >= 0.6 is 11.8 Å². The number of ether oxygens (including phenoxy) is 2. The van der Waals surface area contributed by atoms with Crippen LogP contribution in [0.1, 0.15) is 19.3 Å². The zero-order valence-corrected chi connectivity index (χ0v) is 20.1. The standard InChI is InChI=1S/C25H27N5O3S/c1-32-17-10-11-22(33-2)21(14-17)30-24(19-15-26-20-9-5-4-8-18(19)20)27-28-25(30)34-16-23(31)29-12-6-3-7-13-29/h4-5,8-11,14-15,26H,3,6-7,12-13,16H2,1-2H3. The Morgan fingerprint density at radius 3 is 2.68 bits per heavy atom. The Bertz CT molecular complexity index is 1310. The van der Waals surface area contributed by atoms with Crippen molar-refractivity contribution in [2.24, 2.45) is 0 Å². The Balaban J connectivity index is 1.58. The van der Waals surface area contributed by atoms with Crippen LogP contribution in [-0.2, 0) is 4.79 Å². The van der Waals surface area contributed by atoms with Gasteiger partial charge in [-0.15, -0.1) is 10.2 Å². The molecule has 0 bridgehead atoms. The van der Waals surface area contributed by atoms with Gasteiger partial charge in [-0.25, -0.2) is 0 Å². The van der Waals surface area contributed by atoms with Crippen molar-refractivity contribution in [1.82, 2.24) is 24.6 Å². The SMILES string of the molecule is COc1ccc(OC)c(-n2c(SCC(=O)N3CCCCC3)nnc2-c2c[nH]c3ccccc23)c1. The number of piperidine rings is 1. The summed E-state index contributed by atoms with van der Waals surface area (Å²) >= 11 is 1.39. The lowest BCUT2D eigenvalue weighted by Crippen LogP contribution is -2.36. The fourth-order valence-corrected chi connectivity index (χ4v) is 5.19. The largest absolute Gasteiger partial charge is 0.497 e. The Kier molecular flexibility index (Phi) is 6.44. The van der Waals surface area contributed by atoms with E-state index >= 15 is 0 Å². The van der Waals surface area contributed by atoms with E-state index in [1.54, 1.807) is 14.2 Å². The minimum Gasteiger partial charge on any atom is -0.497 e. The number of carbonyl (C=O) groups is 1. The van der Waals surface area contributed by atoms with Crippen LogP contribution < -0.4 is 9.47 Å². The molecule has 2 aromatic carbocycles. The van der Waals surface area contributed by atoms with Gasteiger partial charge >= 0.3 is 0 Å². The molecule has 3 heterocycles. The lowest BCUT2D eigenvalue weighted by Gasteiger charge is -2.26. The quantitative estimate of drug-likeness (QED) is 0.394. The van der Waals surface area contributed by atoms with Crippen LogP contribution in [0.2, 0.25) is 0 Å². The van der Waals surface area contributed by atoms with E-state index in [1.807, 2.05) is 52.1 Å². The summed E-state index contributed by atoms with van der Waals surface area (Å²) in [6, 6.07) is 13.7. The van der Waals surface area contributed by atoms with Gasteiger partial charge in [0.15, 0.2) is 11.0 Å². The smallest absolute Gasteiger partial charge is 0.233 e. The van der Waals surface area contributed by atoms with E-state index in [4.69, 9.17) is 9.47 Å². The maximum Gasteiger partial charge on any atom is 0.233 e. The third-order valence-electron chi connectivity index (χ3n) is 6.12. The zero-order valence-electron chi connectivity index (χ0n) is 19.3. The molecule has 0 aliphatic carbocycles. The summed E-state index contributed by atoms with van der Waals surface area (Å²) in [5.74, 6) is 2.45. The second-order valence-electron chi connectivity index (χ2n) is 8.16. The minimum atomic E-state index is 0.130. The fraction of sp³-hybridized carbons (Fsp3) is 0.320. The number of amides is 1. The highest BCUT2D eigenvalue weighted by atomic mass is 32.2. The van der Waals surface area contributed by atoms with Crippen LogP contribution in [0.25, 0.3) is 28.0 Å². The second kappa shape index (κ2) is 9.80. The average Bonchev–Trinajstić information content (AvgIpc) is 3.51. The summed E-state index contributed by atoms with van der Waals surface area (Å²) in [5, 5.41) is 10.7. The lowest BCUT2D eigenvalue weighted by atomic mass is 10.1. The normalized spacial score (nSPS) is 13.9. The van der Waals surface area contributed by atoms with Crippen LogP contribution in [0.5, 0.6) is 11.5 Å². The van der Waals surface area contributed by atoms with Gasteiger partial charge in [0.2, 0.25) is 5.91 Å². The zero-order chi connectivity index (χ0) is 23.5. The van der Waals surface area contributed by atoms with Crippen molar-refractivity contribution in [3.05, 3.63) is 48.7 Å². The van der Waals surface area contributed by atoms with Gasteiger partial charge in [0.05, 0.1) is 25.7 Å². The molecule has 9 heteroatoms. The van der Waals surface area contributed by atoms with E-state index in [-0.39, 0.29) is 5.91 Å². The highest BCUT2D eigenvalue weighted by Gasteiger charge is 2.24. The monoisotopic (exact) mass is 477 g/mol. The summed E-state index contributed by atoms with van der Waals surface area (Å²) < 4.78 is 13.1. The Morgan fingerprint density at radius 1 is 1.06 bits per heavy atom. The van der Waals surface area contributed by atoms with Crippen LogP contribution in [0, 0.1) is 0 Å². The summed E-state index contributed by atoms with van der Waals surface area (Å²) in [5.41, 5.74) is 2.68. The Hall–Kier alpha value is -3.46. The molecule has 0 atom stereocenters. The van der Waals surface area contributed by atoms with Crippen molar-refractivity contribution in [3.8, 4) is 28.6 Å². The molecule has 1 fully saturated rings. The number of methoxy groups -OCH3 is 2. The van der Waals surface area contributed by atoms with Crippen molar-refractivity contribution in [3.63, 3.8) is 0 Å². The first-order chi connectivity index (χ1) is 16.7. The third kappa shape index (κ3) is 4.23. The van der Waals surface area contributed by atoms with E-state index in [0.29, 0.717) is 28.2 Å². The number of thioether (sulfide) groups is 1. The first-order valence-corrected chi connectivity index (χ1v) is 12.3. The highest BCUT2D eigenvalue weighted by molar-refractivity contribution is 7.99. The molecular weight excluding hydrogens is 450 g/mol. The summed E-state index contributed by atoms with van der Waals surface area (Å²) in [6.45, 7) is 1.66. The maximum atomic E-state index is 12.9. The number of carbonyl (C=O) groups excluding carboxylic acids is 1. The fourth-order valence-electron chi connectivity index (χ4n) is 4.34. The topological polar surface area (TPSA) is 85.3 Å². The Labute approximate surface area is 202 Å². The molecule has 1 aliphatic heterocycles. The van der Waals surface area contributed by atoms with E-state index in [2.05, 4.69) is 21.2 Å². The van der Waals surface area contributed by atoms with Gasteiger partial charge < -0.3 is 19.4 Å². The lowest BCUT2D eigenvalue weighted by molar-refractivity contribution is -0.129. The predicted molar refractivity (Wildman–Crippen MR) is 133 cm³/mol. The molecule has 0 spiro atoms. The number of para-hydroxylation sites is 1. The first kappa shape index (κ1) is 22.3. The number of rotatable bonds is 7. The number of hydrogen-bond donors (Lipinski definition) is 1. The minimum absolute atomic E-state index is 0.130. The molecule has 1 N–H and O–H groups in total. The number of nitrogens with zero attached hydrogens (tertiary/aromatic N) is 4. The molecule has 0 unspecified atom stereocenters. The third-order valence-corrected chi connectivity index (χ3v) is 7.04. The van der Waals surface area contributed by atoms with Crippen molar-refractivity contribution < 1.29 is 14.3 Å². The summed E-state index contributed by atoms with van der Waals surface area (Å²) in [6.07, 6.45) is 5.26. The summed E-state index contributed by atoms with van der Waals surface area (Å²) in [7, 11) is 3.26. The molecule has 5 rings (SSSR count). The van der Waals surface area contributed by atoms with Crippen LogP contribution in [-0.4, -0.2) is 63.6 Å². The number of benzene rings is 2. The number of aromatic amines is 1. The number of hydrogen-bond acceptors (Lipinski definition) is 6. The van der Waals surface area contributed by atoms with Crippen molar-refractivity contribution in [2.45, 2.75) is 24.4 Å². The van der Waals surface area contributed by atoms with Crippen molar-refractivity contribution in [1.29, 1.82) is 0 Å². The summed E-state index contributed by atoms with van der Waals surface area (Å²) in [4.78, 5) is 18.1. The highest BCUT2D eigenvalue weighted by Crippen LogP contribution is 2.37. The maximum absolute atomic E-state index is 12.9. The Morgan fingerprint density at radius 2 is 1.88 bits per heavy atom. The van der Waals surface area contributed by atoms with E-state index in [0.717, 1.165) is 48.1 Å². The van der Waals surface area contributed by atoms with Crippen LogP contribution in [0.4, 0.5) is 0 Å². The number of aromatic nitrogens is 4.